The van der Waals surface area contributed by atoms with Crippen LogP contribution in [0.3, 0.4) is 0 Å². The average molecular weight is 196 g/mol. The summed E-state index contributed by atoms with van der Waals surface area (Å²) in [5.41, 5.74) is 3.23. The Hall–Kier alpha value is -0.563. The van der Waals surface area contributed by atoms with Crippen molar-refractivity contribution in [3.05, 3.63) is 12.2 Å². The molecular formula is C10H16O2Si. The Morgan fingerprint density at radius 3 is 2.85 bits per heavy atom. The van der Waals surface area contributed by atoms with E-state index in [0.717, 1.165) is 0 Å². The highest BCUT2D eigenvalue weighted by molar-refractivity contribution is 6.83. The maximum absolute atomic E-state index is 5.34. The fourth-order valence-electron chi connectivity index (χ4n) is 0.901. The van der Waals surface area contributed by atoms with Crippen LogP contribution in [-0.4, -0.2) is 27.6 Å². The van der Waals surface area contributed by atoms with Crippen LogP contribution in [0.5, 0.6) is 0 Å². The van der Waals surface area contributed by atoms with E-state index < -0.39 is 8.07 Å². The fraction of sp³-hybridized carbons (Fsp3) is 0.600. The third-order valence-corrected chi connectivity index (χ3v) is 2.36. The fourth-order valence-corrected chi connectivity index (χ4v) is 1.50. The zero-order valence-electron chi connectivity index (χ0n) is 8.46. The molecule has 0 radical (unpaired) electrons. The second kappa shape index (κ2) is 4.61. The van der Waals surface area contributed by atoms with Crippen molar-refractivity contribution in [2.45, 2.75) is 25.9 Å². The molecule has 1 rings (SSSR count). The van der Waals surface area contributed by atoms with Gasteiger partial charge in [0.2, 0.25) is 0 Å². The Balaban J connectivity index is 2.19. The summed E-state index contributed by atoms with van der Waals surface area (Å²) in [6.45, 7) is 7.77. The monoisotopic (exact) mass is 196 g/mol. The first kappa shape index (κ1) is 10.5. The van der Waals surface area contributed by atoms with Crippen molar-refractivity contribution in [1.29, 1.82) is 0 Å². The Bertz CT molecular complexity index is 242. The van der Waals surface area contributed by atoms with Crippen molar-refractivity contribution in [2.75, 3.05) is 13.2 Å². The normalized spacial score (nSPS) is 21.3. The SMILES string of the molecule is C[Si](C)(C)C#CCOC1C=CCO1. The maximum Gasteiger partial charge on any atom is 0.178 e. The smallest absolute Gasteiger partial charge is 0.178 e. The van der Waals surface area contributed by atoms with Gasteiger partial charge in [0.05, 0.1) is 6.61 Å². The molecule has 13 heavy (non-hydrogen) atoms. The van der Waals surface area contributed by atoms with Crippen molar-refractivity contribution < 1.29 is 9.47 Å². The molecular weight excluding hydrogens is 180 g/mol. The number of ether oxygens (including phenoxy) is 2. The van der Waals surface area contributed by atoms with Gasteiger partial charge in [-0.3, -0.25) is 0 Å². The van der Waals surface area contributed by atoms with Gasteiger partial charge in [-0.2, -0.15) is 0 Å². The van der Waals surface area contributed by atoms with Crippen molar-refractivity contribution in [2.24, 2.45) is 0 Å². The van der Waals surface area contributed by atoms with Gasteiger partial charge >= 0.3 is 0 Å². The molecule has 1 aliphatic heterocycles. The van der Waals surface area contributed by atoms with Gasteiger partial charge in [-0.25, -0.2) is 0 Å². The van der Waals surface area contributed by atoms with Crippen molar-refractivity contribution in [3.8, 4) is 11.5 Å². The van der Waals surface area contributed by atoms with Gasteiger partial charge in [0.1, 0.15) is 14.7 Å². The molecule has 0 saturated carbocycles. The number of hydrogen-bond donors (Lipinski definition) is 0. The lowest BCUT2D eigenvalue weighted by molar-refractivity contribution is -0.0802. The lowest BCUT2D eigenvalue weighted by atomic mass is 10.5. The molecule has 0 N–H and O–H groups in total. The van der Waals surface area contributed by atoms with Gasteiger partial charge in [0.15, 0.2) is 6.29 Å². The minimum Gasteiger partial charge on any atom is -0.345 e. The van der Waals surface area contributed by atoms with Gasteiger partial charge in [-0.05, 0) is 6.08 Å². The third kappa shape index (κ3) is 4.89. The summed E-state index contributed by atoms with van der Waals surface area (Å²) in [5, 5.41) is 0. The molecule has 0 spiro atoms. The minimum atomic E-state index is -1.23. The molecule has 1 atom stereocenters. The Kier molecular flexibility index (Phi) is 3.73. The molecule has 0 aliphatic carbocycles. The van der Waals surface area contributed by atoms with Crippen LogP contribution in [0, 0.1) is 11.5 Å². The molecule has 0 aromatic carbocycles. The maximum atomic E-state index is 5.34. The van der Waals surface area contributed by atoms with E-state index in [2.05, 4.69) is 31.1 Å². The molecule has 1 unspecified atom stereocenters. The number of rotatable bonds is 2. The zero-order chi connectivity index (χ0) is 9.73. The lowest BCUT2D eigenvalue weighted by Crippen LogP contribution is -2.17. The van der Waals surface area contributed by atoms with E-state index in [1.54, 1.807) is 0 Å². The molecule has 0 aromatic rings. The molecule has 1 heterocycles. The first-order chi connectivity index (χ1) is 6.08. The van der Waals surface area contributed by atoms with Crippen LogP contribution >= 0.6 is 0 Å². The van der Waals surface area contributed by atoms with Crippen molar-refractivity contribution in [1.82, 2.24) is 0 Å². The van der Waals surface area contributed by atoms with Crippen LogP contribution in [0.15, 0.2) is 12.2 Å². The summed E-state index contributed by atoms with van der Waals surface area (Å²) in [4.78, 5) is 0. The largest absolute Gasteiger partial charge is 0.345 e. The van der Waals surface area contributed by atoms with Crippen molar-refractivity contribution in [3.63, 3.8) is 0 Å². The molecule has 0 fully saturated rings. The van der Waals surface area contributed by atoms with E-state index in [-0.39, 0.29) is 6.29 Å². The van der Waals surface area contributed by atoms with Crippen LogP contribution in [-0.2, 0) is 9.47 Å². The lowest BCUT2D eigenvalue weighted by Gasteiger charge is -2.07. The van der Waals surface area contributed by atoms with Gasteiger partial charge in [-0.15, -0.1) is 5.54 Å². The van der Waals surface area contributed by atoms with Crippen LogP contribution in [0.4, 0.5) is 0 Å². The molecule has 0 amide bonds. The highest BCUT2D eigenvalue weighted by Crippen LogP contribution is 2.03. The summed E-state index contributed by atoms with van der Waals surface area (Å²) in [5.74, 6) is 3.03. The van der Waals surface area contributed by atoms with E-state index in [1.165, 1.54) is 0 Å². The van der Waals surface area contributed by atoms with Gasteiger partial charge < -0.3 is 9.47 Å². The Morgan fingerprint density at radius 2 is 2.31 bits per heavy atom. The van der Waals surface area contributed by atoms with Crippen LogP contribution < -0.4 is 0 Å². The summed E-state index contributed by atoms with van der Waals surface area (Å²) >= 11 is 0. The highest BCUT2D eigenvalue weighted by Gasteiger charge is 2.09. The molecule has 0 bridgehead atoms. The van der Waals surface area contributed by atoms with Crippen LogP contribution in [0.2, 0.25) is 19.6 Å². The Labute approximate surface area is 80.9 Å². The van der Waals surface area contributed by atoms with E-state index in [0.29, 0.717) is 13.2 Å². The van der Waals surface area contributed by atoms with Crippen molar-refractivity contribution >= 4 is 8.07 Å². The van der Waals surface area contributed by atoms with E-state index in [1.807, 2.05) is 12.2 Å². The summed E-state index contributed by atoms with van der Waals surface area (Å²) in [6.07, 6.45) is 3.70. The van der Waals surface area contributed by atoms with Gasteiger partial charge in [0, 0.05) is 0 Å². The molecule has 0 saturated heterocycles. The zero-order valence-corrected chi connectivity index (χ0v) is 9.46. The highest BCUT2D eigenvalue weighted by atomic mass is 28.3. The van der Waals surface area contributed by atoms with E-state index >= 15 is 0 Å². The molecule has 2 nitrogen and oxygen atoms in total. The van der Waals surface area contributed by atoms with E-state index in [4.69, 9.17) is 9.47 Å². The first-order valence-electron chi connectivity index (χ1n) is 4.48. The van der Waals surface area contributed by atoms with Gasteiger partial charge in [0.25, 0.3) is 0 Å². The summed E-state index contributed by atoms with van der Waals surface area (Å²) in [6, 6.07) is 0. The summed E-state index contributed by atoms with van der Waals surface area (Å²) < 4.78 is 10.5. The van der Waals surface area contributed by atoms with Crippen LogP contribution in [0.1, 0.15) is 0 Å². The van der Waals surface area contributed by atoms with Crippen LogP contribution in [0.25, 0.3) is 0 Å². The quantitative estimate of drug-likeness (QED) is 0.381. The predicted octanol–water partition coefficient (Wildman–Crippen LogP) is 1.80. The second-order valence-electron chi connectivity index (χ2n) is 3.99. The Morgan fingerprint density at radius 1 is 1.54 bits per heavy atom. The topological polar surface area (TPSA) is 18.5 Å². The second-order valence-corrected chi connectivity index (χ2v) is 8.74. The number of hydrogen-bond acceptors (Lipinski definition) is 2. The minimum absolute atomic E-state index is 0.170. The average Bonchev–Trinajstić information content (AvgIpc) is 2.48. The molecule has 3 heteroatoms. The van der Waals surface area contributed by atoms with E-state index in [9.17, 15) is 0 Å². The van der Waals surface area contributed by atoms with Gasteiger partial charge in [-0.1, -0.05) is 31.6 Å². The predicted molar refractivity (Wildman–Crippen MR) is 56.0 cm³/mol. The first-order valence-corrected chi connectivity index (χ1v) is 7.98. The third-order valence-electron chi connectivity index (χ3n) is 1.43. The molecule has 0 aromatic heterocycles. The molecule has 72 valence electrons. The standard InChI is InChI=1S/C10H16O2Si/c1-13(2,3)9-5-8-12-10-6-4-7-11-10/h4,6,10H,7-8H2,1-3H3. The summed E-state index contributed by atoms with van der Waals surface area (Å²) in [7, 11) is -1.23. The molecule has 1 aliphatic rings.